The number of thiophene rings is 1. The zero-order valence-electron chi connectivity index (χ0n) is 12.4. The minimum absolute atomic E-state index is 0.347. The molecule has 114 valence electrons. The van der Waals surface area contributed by atoms with Crippen molar-refractivity contribution < 1.29 is 9.84 Å². The summed E-state index contributed by atoms with van der Waals surface area (Å²) >= 11 is 1.77. The molecular weight excluding hydrogens is 270 g/mol. The Bertz CT molecular complexity index is 349. The summed E-state index contributed by atoms with van der Waals surface area (Å²) in [7, 11) is 0. The van der Waals surface area contributed by atoms with Gasteiger partial charge in [0.1, 0.15) is 0 Å². The first-order chi connectivity index (χ1) is 9.79. The Morgan fingerprint density at radius 2 is 2.20 bits per heavy atom. The Kier molecular flexibility index (Phi) is 7.00. The third kappa shape index (κ3) is 5.17. The average Bonchev–Trinajstić information content (AvgIpc) is 3.01. The molecule has 0 amide bonds. The van der Waals surface area contributed by atoms with Gasteiger partial charge in [-0.25, -0.2) is 0 Å². The largest absolute Gasteiger partial charge is 0.389 e. The average molecular weight is 297 g/mol. The van der Waals surface area contributed by atoms with Crippen LogP contribution in [-0.2, 0) is 4.74 Å². The van der Waals surface area contributed by atoms with Crippen LogP contribution in [0.2, 0.25) is 0 Å². The van der Waals surface area contributed by atoms with Crippen LogP contribution < -0.4 is 5.32 Å². The zero-order chi connectivity index (χ0) is 14.2. The number of hydrogen-bond acceptors (Lipinski definition) is 4. The number of nitrogens with one attached hydrogen (secondary N) is 1. The molecule has 0 aromatic carbocycles. The number of hydrogen-bond donors (Lipinski definition) is 2. The van der Waals surface area contributed by atoms with Gasteiger partial charge in [-0.3, -0.25) is 0 Å². The molecule has 2 unspecified atom stereocenters. The van der Waals surface area contributed by atoms with Crippen LogP contribution in [0.25, 0.3) is 0 Å². The van der Waals surface area contributed by atoms with Crippen molar-refractivity contribution >= 4 is 11.3 Å². The molecule has 2 N–H and O–H groups in total. The highest BCUT2D eigenvalue weighted by atomic mass is 32.1. The normalized spacial score (nSPS) is 19.9. The summed E-state index contributed by atoms with van der Waals surface area (Å²) < 4.78 is 5.81. The summed E-state index contributed by atoms with van der Waals surface area (Å²) in [4.78, 5) is 1.34. The van der Waals surface area contributed by atoms with Gasteiger partial charge in [0.15, 0.2) is 0 Å². The highest BCUT2D eigenvalue weighted by molar-refractivity contribution is 7.10. The first kappa shape index (κ1) is 16.0. The van der Waals surface area contributed by atoms with Crippen molar-refractivity contribution in [1.82, 2.24) is 5.32 Å². The molecule has 1 aromatic heterocycles. The lowest BCUT2D eigenvalue weighted by Gasteiger charge is -2.24. The van der Waals surface area contributed by atoms with Crippen LogP contribution in [0.1, 0.15) is 56.4 Å². The highest BCUT2D eigenvalue weighted by Gasteiger charge is 2.16. The molecule has 0 bridgehead atoms. The van der Waals surface area contributed by atoms with Crippen LogP contribution in [0, 0.1) is 0 Å². The summed E-state index contributed by atoms with van der Waals surface area (Å²) in [5.74, 6) is 0. The Balaban J connectivity index is 1.64. The van der Waals surface area contributed by atoms with E-state index in [4.69, 9.17) is 4.74 Å². The van der Waals surface area contributed by atoms with Crippen molar-refractivity contribution in [2.75, 3.05) is 13.2 Å². The zero-order valence-corrected chi connectivity index (χ0v) is 13.2. The quantitative estimate of drug-likeness (QED) is 0.771. The van der Waals surface area contributed by atoms with Gasteiger partial charge in [-0.05, 0) is 30.7 Å². The van der Waals surface area contributed by atoms with Gasteiger partial charge in [-0.15, -0.1) is 11.3 Å². The molecule has 3 nitrogen and oxygen atoms in total. The standard InChI is InChI=1S/C16H27NO2S/c1-2-15(16-9-6-10-20-16)17-11-13(18)12-19-14-7-4-3-5-8-14/h6,9-10,13-15,17-18H,2-5,7-8,11-12H2,1H3. The van der Waals surface area contributed by atoms with Gasteiger partial charge in [0.2, 0.25) is 0 Å². The van der Waals surface area contributed by atoms with Gasteiger partial charge in [0.05, 0.1) is 18.8 Å². The van der Waals surface area contributed by atoms with Gasteiger partial charge >= 0.3 is 0 Å². The monoisotopic (exact) mass is 297 g/mol. The Hall–Kier alpha value is -0.420. The second-order valence-corrected chi connectivity index (χ2v) is 6.61. The van der Waals surface area contributed by atoms with Crippen molar-refractivity contribution in [3.63, 3.8) is 0 Å². The molecule has 1 aliphatic carbocycles. The molecular formula is C16H27NO2S. The SMILES string of the molecule is CCC(NCC(O)COC1CCCCC1)c1cccs1. The fourth-order valence-corrected chi connectivity index (χ4v) is 3.64. The Morgan fingerprint density at radius 3 is 2.85 bits per heavy atom. The maximum Gasteiger partial charge on any atom is 0.0898 e. The molecule has 1 saturated carbocycles. The Morgan fingerprint density at radius 1 is 1.40 bits per heavy atom. The van der Waals surface area contributed by atoms with E-state index < -0.39 is 6.10 Å². The summed E-state index contributed by atoms with van der Waals surface area (Å²) in [5, 5.41) is 15.6. The third-order valence-electron chi connectivity index (χ3n) is 3.97. The third-order valence-corrected chi connectivity index (χ3v) is 4.96. The molecule has 4 heteroatoms. The first-order valence-corrected chi connectivity index (χ1v) is 8.74. The van der Waals surface area contributed by atoms with E-state index in [-0.39, 0.29) is 0 Å². The van der Waals surface area contributed by atoms with E-state index in [1.165, 1.54) is 24.1 Å². The van der Waals surface area contributed by atoms with Gasteiger partial charge in [-0.2, -0.15) is 0 Å². The molecule has 1 fully saturated rings. The number of aliphatic hydroxyl groups excluding tert-OH is 1. The van der Waals surface area contributed by atoms with Gasteiger partial charge < -0.3 is 15.2 Å². The maximum absolute atomic E-state index is 10.0. The van der Waals surface area contributed by atoms with Crippen LogP contribution in [-0.4, -0.2) is 30.5 Å². The Labute approximate surface area is 126 Å². The van der Waals surface area contributed by atoms with Crippen LogP contribution in [0.4, 0.5) is 0 Å². The summed E-state index contributed by atoms with van der Waals surface area (Å²) in [6, 6.07) is 4.57. The van der Waals surface area contributed by atoms with E-state index in [0.29, 0.717) is 25.3 Å². The molecule has 0 aliphatic heterocycles. The topological polar surface area (TPSA) is 41.5 Å². The van der Waals surface area contributed by atoms with Crippen molar-refractivity contribution in [2.45, 2.75) is 63.7 Å². The van der Waals surface area contributed by atoms with Gasteiger partial charge in [0.25, 0.3) is 0 Å². The summed E-state index contributed by atoms with van der Waals surface area (Å²) in [5.41, 5.74) is 0. The molecule has 1 heterocycles. The second-order valence-electron chi connectivity index (χ2n) is 5.63. The number of rotatable bonds is 8. The first-order valence-electron chi connectivity index (χ1n) is 7.86. The molecule has 1 aliphatic rings. The maximum atomic E-state index is 10.0. The van der Waals surface area contributed by atoms with E-state index in [0.717, 1.165) is 19.3 Å². The molecule has 2 rings (SSSR count). The molecule has 0 saturated heterocycles. The predicted octanol–water partition coefficient (Wildman–Crippen LogP) is 3.50. The minimum Gasteiger partial charge on any atom is -0.389 e. The summed E-state index contributed by atoms with van der Waals surface area (Å²) in [6.45, 7) is 3.23. The lowest BCUT2D eigenvalue weighted by atomic mass is 9.98. The van der Waals surface area contributed by atoms with E-state index >= 15 is 0 Å². The summed E-state index contributed by atoms with van der Waals surface area (Å²) in [6.07, 6.45) is 7.20. The van der Waals surface area contributed by atoms with Crippen LogP contribution in [0.15, 0.2) is 17.5 Å². The van der Waals surface area contributed by atoms with Gasteiger partial charge in [0, 0.05) is 17.5 Å². The van der Waals surface area contributed by atoms with Crippen LogP contribution in [0.5, 0.6) is 0 Å². The lowest BCUT2D eigenvalue weighted by Crippen LogP contribution is -2.34. The predicted molar refractivity (Wildman–Crippen MR) is 84.2 cm³/mol. The van der Waals surface area contributed by atoms with Crippen LogP contribution in [0.3, 0.4) is 0 Å². The molecule has 0 radical (unpaired) electrons. The van der Waals surface area contributed by atoms with E-state index in [1.54, 1.807) is 11.3 Å². The smallest absolute Gasteiger partial charge is 0.0898 e. The fourth-order valence-electron chi connectivity index (χ4n) is 2.75. The molecule has 1 aromatic rings. The second kappa shape index (κ2) is 8.78. The minimum atomic E-state index is -0.411. The van der Waals surface area contributed by atoms with E-state index in [9.17, 15) is 5.11 Å². The molecule has 2 atom stereocenters. The van der Waals surface area contributed by atoms with Crippen molar-refractivity contribution in [3.05, 3.63) is 22.4 Å². The lowest BCUT2D eigenvalue weighted by molar-refractivity contribution is -0.0236. The highest BCUT2D eigenvalue weighted by Crippen LogP contribution is 2.22. The van der Waals surface area contributed by atoms with Crippen molar-refractivity contribution in [2.24, 2.45) is 0 Å². The van der Waals surface area contributed by atoms with Gasteiger partial charge in [-0.1, -0.05) is 32.3 Å². The number of ether oxygens (including phenoxy) is 1. The number of aliphatic hydroxyl groups is 1. The van der Waals surface area contributed by atoms with E-state index in [2.05, 4.69) is 29.8 Å². The molecule has 20 heavy (non-hydrogen) atoms. The molecule has 0 spiro atoms. The van der Waals surface area contributed by atoms with Crippen molar-refractivity contribution in [3.8, 4) is 0 Å². The van der Waals surface area contributed by atoms with Crippen molar-refractivity contribution in [1.29, 1.82) is 0 Å². The van der Waals surface area contributed by atoms with Crippen LogP contribution >= 0.6 is 11.3 Å². The fraction of sp³-hybridized carbons (Fsp3) is 0.750. The van der Waals surface area contributed by atoms with E-state index in [1.807, 2.05) is 0 Å².